The van der Waals surface area contributed by atoms with E-state index in [1.165, 1.54) is 13.2 Å². The van der Waals surface area contributed by atoms with Gasteiger partial charge in [-0.2, -0.15) is 0 Å². The molecule has 4 aromatic rings. The zero-order chi connectivity index (χ0) is 41.5. The van der Waals surface area contributed by atoms with Crippen molar-refractivity contribution < 1.29 is 38.2 Å². The van der Waals surface area contributed by atoms with Crippen LogP contribution in [0.5, 0.6) is 0 Å². The van der Waals surface area contributed by atoms with E-state index in [1.807, 2.05) is 49.4 Å². The van der Waals surface area contributed by atoms with Crippen LogP contribution in [-0.4, -0.2) is 77.0 Å². The van der Waals surface area contributed by atoms with Crippen LogP contribution in [0, 0.1) is 5.92 Å². The van der Waals surface area contributed by atoms with Gasteiger partial charge in [0.15, 0.2) is 0 Å². The summed E-state index contributed by atoms with van der Waals surface area (Å²) in [6, 6.07) is 23.9. The number of fused-ring (bicyclic) bond motifs is 1. The number of hydrogen-bond donors (Lipinski definition) is 5. The number of alkyl carbamates (subject to hydrolysis) is 1. The number of methoxy groups -OCH3 is 1. The molecule has 2 unspecified atom stereocenters. The van der Waals surface area contributed by atoms with Crippen molar-refractivity contribution >= 4 is 46.6 Å². The zero-order valence-electron chi connectivity index (χ0n) is 32.6. The lowest BCUT2D eigenvalue weighted by atomic mass is 9.91. The Morgan fingerprint density at radius 2 is 1.47 bits per heavy atom. The predicted molar refractivity (Wildman–Crippen MR) is 213 cm³/mol. The standard InChI is InChI=1S/C42H51N7O8/c1-5-14-37(51)57-35(25-34(29-18-10-7-11-19-29)49(44)41(54)38(26(2)3)48-42(55)56-4)32(23-27-15-8-6-9-16-27)46-40(53)33(24-36(43)50)47-39(52)31-22-21-28-17-12-13-20-30(28)45-31/h6-13,15-22,26,32-35,38H,5,14,23-25,44H2,1-4H3,(H2,43,50)(H,46,53)(H,47,52)(H,48,55)/t32-,33-,34?,35-,38?/m0/s1. The normalized spacial score (nSPS) is 13.6. The molecule has 5 amide bonds. The summed E-state index contributed by atoms with van der Waals surface area (Å²) in [5.74, 6) is 2.70. The van der Waals surface area contributed by atoms with E-state index in [9.17, 15) is 28.8 Å². The lowest BCUT2D eigenvalue weighted by Crippen LogP contribution is -2.57. The minimum absolute atomic E-state index is 0.0166. The smallest absolute Gasteiger partial charge is 0.407 e. The Morgan fingerprint density at radius 1 is 0.825 bits per heavy atom. The van der Waals surface area contributed by atoms with Crippen LogP contribution >= 0.6 is 0 Å². The third-order valence-electron chi connectivity index (χ3n) is 9.29. The summed E-state index contributed by atoms with van der Waals surface area (Å²) in [4.78, 5) is 84.0. The van der Waals surface area contributed by atoms with Crippen LogP contribution < -0.4 is 27.5 Å². The maximum absolute atomic E-state index is 14.2. The van der Waals surface area contributed by atoms with E-state index < -0.39 is 78.3 Å². The number of nitrogens with two attached hydrogens (primary N) is 2. The molecule has 4 rings (SSSR count). The molecule has 5 atom stereocenters. The first kappa shape index (κ1) is 43.4. The monoisotopic (exact) mass is 781 g/mol. The number of nitrogens with zero attached hydrogens (tertiary/aromatic N) is 2. The van der Waals surface area contributed by atoms with Crippen LogP contribution in [0.15, 0.2) is 97.1 Å². The number of primary amides is 1. The summed E-state index contributed by atoms with van der Waals surface area (Å²) in [7, 11) is 1.18. The topological polar surface area (TPSA) is 225 Å². The van der Waals surface area contributed by atoms with Crippen molar-refractivity contribution in [3.05, 3.63) is 114 Å². The van der Waals surface area contributed by atoms with E-state index in [0.717, 1.165) is 16.0 Å². The number of esters is 1. The largest absolute Gasteiger partial charge is 0.460 e. The lowest BCUT2D eigenvalue weighted by Gasteiger charge is -2.36. The highest BCUT2D eigenvalue weighted by Crippen LogP contribution is 2.29. The number of pyridine rings is 1. The van der Waals surface area contributed by atoms with E-state index in [4.69, 9.17) is 21.1 Å². The quantitative estimate of drug-likeness (QED) is 0.0400. The zero-order valence-corrected chi connectivity index (χ0v) is 32.6. The van der Waals surface area contributed by atoms with Crippen molar-refractivity contribution in [3.63, 3.8) is 0 Å². The fraction of sp³-hybridized carbons (Fsp3) is 0.357. The molecule has 1 heterocycles. The van der Waals surface area contributed by atoms with Crippen molar-refractivity contribution in [1.82, 2.24) is 25.9 Å². The number of rotatable bonds is 19. The molecule has 15 nitrogen and oxygen atoms in total. The van der Waals surface area contributed by atoms with Crippen molar-refractivity contribution in [1.29, 1.82) is 0 Å². The first-order valence-corrected chi connectivity index (χ1v) is 18.8. The minimum Gasteiger partial charge on any atom is -0.460 e. The average molecular weight is 782 g/mol. The highest BCUT2D eigenvalue weighted by Gasteiger charge is 2.38. The van der Waals surface area contributed by atoms with E-state index in [-0.39, 0.29) is 25.0 Å². The van der Waals surface area contributed by atoms with Gasteiger partial charge in [0.2, 0.25) is 11.8 Å². The van der Waals surface area contributed by atoms with Crippen LogP contribution in [0.1, 0.15) is 74.1 Å². The number of carbonyl (C=O) groups excluding carboxylic acids is 6. The Labute approximate surface area is 331 Å². The Bertz CT molecular complexity index is 2000. The molecule has 0 bridgehead atoms. The van der Waals surface area contributed by atoms with Crippen LogP contribution in [0.4, 0.5) is 4.79 Å². The Hall–Kier alpha value is -6.35. The molecule has 7 N–H and O–H groups in total. The summed E-state index contributed by atoms with van der Waals surface area (Å²) >= 11 is 0. The van der Waals surface area contributed by atoms with Gasteiger partial charge in [-0.1, -0.05) is 106 Å². The Kier molecular flexibility index (Phi) is 16.0. The summed E-state index contributed by atoms with van der Waals surface area (Å²) in [5, 5.41) is 9.87. The molecular weight excluding hydrogens is 731 g/mol. The van der Waals surface area contributed by atoms with Gasteiger partial charge in [0.25, 0.3) is 11.8 Å². The van der Waals surface area contributed by atoms with E-state index >= 15 is 0 Å². The molecule has 0 saturated carbocycles. The second-order valence-electron chi connectivity index (χ2n) is 13.9. The highest BCUT2D eigenvalue weighted by molar-refractivity contribution is 5.99. The van der Waals surface area contributed by atoms with Gasteiger partial charge in [-0.25, -0.2) is 15.6 Å². The molecule has 0 aliphatic heterocycles. The third-order valence-corrected chi connectivity index (χ3v) is 9.29. The van der Waals surface area contributed by atoms with Gasteiger partial charge in [-0.3, -0.25) is 29.0 Å². The van der Waals surface area contributed by atoms with Crippen molar-refractivity contribution in [2.75, 3.05) is 7.11 Å². The number of aromatic nitrogens is 1. The Balaban J connectivity index is 1.74. The summed E-state index contributed by atoms with van der Waals surface area (Å²) in [5.41, 5.74) is 7.48. The molecule has 57 heavy (non-hydrogen) atoms. The number of hydrazine groups is 1. The summed E-state index contributed by atoms with van der Waals surface area (Å²) < 4.78 is 10.9. The maximum atomic E-state index is 14.2. The maximum Gasteiger partial charge on any atom is 0.407 e. The van der Waals surface area contributed by atoms with Gasteiger partial charge in [0, 0.05) is 18.2 Å². The number of nitrogens with one attached hydrogen (secondary N) is 3. The van der Waals surface area contributed by atoms with Gasteiger partial charge >= 0.3 is 12.1 Å². The van der Waals surface area contributed by atoms with E-state index in [0.29, 0.717) is 17.5 Å². The molecule has 0 aliphatic rings. The second kappa shape index (κ2) is 21.1. The van der Waals surface area contributed by atoms with Crippen LogP contribution in [0.25, 0.3) is 10.9 Å². The molecule has 0 saturated heterocycles. The fourth-order valence-electron chi connectivity index (χ4n) is 6.31. The van der Waals surface area contributed by atoms with Crippen LogP contribution in [0.2, 0.25) is 0 Å². The molecule has 0 spiro atoms. The molecule has 302 valence electrons. The van der Waals surface area contributed by atoms with E-state index in [2.05, 4.69) is 20.9 Å². The molecule has 0 fully saturated rings. The second-order valence-corrected chi connectivity index (χ2v) is 13.9. The molecule has 3 aromatic carbocycles. The van der Waals surface area contributed by atoms with Crippen LogP contribution in [0.3, 0.4) is 0 Å². The lowest BCUT2D eigenvalue weighted by molar-refractivity contribution is -0.153. The summed E-state index contributed by atoms with van der Waals surface area (Å²) in [6.45, 7) is 5.29. The molecule has 15 heteroatoms. The number of para-hydroxylation sites is 1. The van der Waals surface area contributed by atoms with Gasteiger partial charge in [0.05, 0.1) is 31.1 Å². The van der Waals surface area contributed by atoms with Crippen molar-refractivity contribution in [3.8, 4) is 0 Å². The number of ether oxygens (including phenoxy) is 2. The van der Waals surface area contributed by atoms with Crippen LogP contribution in [-0.2, 0) is 35.1 Å². The molecule has 0 radical (unpaired) electrons. The summed E-state index contributed by atoms with van der Waals surface area (Å²) in [6.07, 6.45) is -1.97. The number of hydrogen-bond acceptors (Lipinski definition) is 10. The predicted octanol–water partition coefficient (Wildman–Crippen LogP) is 3.86. The van der Waals surface area contributed by atoms with Crippen molar-refractivity contribution in [2.24, 2.45) is 17.5 Å². The van der Waals surface area contributed by atoms with Gasteiger partial charge in [0.1, 0.15) is 23.9 Å². The van der Waals surface area contributed by atoms with E-state index in [1.54, 1.807) is 62.4 Å². The Morgan fingerprint density at radius 3 is 2.11 bits per heavy atom. The minimum atomic E-state index is -1.44. The highest BCUT2D eigenvalue weighted by atomic mass is 16.5. The molecular formula is C42H51N7O8. The van der Waals surface area contributed by atoms with Gasteiger partial charge < -0.3 is 31.2 Å². The number of carbonyl (C=O) groups is 6. The third kappa shape index (κ3) is 12.6. The molecule has 1 aromatic heterocycles. The first-order chi connectivity index (χ1) is 27.3. The fourth-order valence-corrected chi connectivity index (χ4v) is 6.31. The van der Waals surface area contributed by atoms with Gasteiger partial charge in [-0.15, -0.1) is 0 Å². The van der Waals surface area contributed by atoms with Crippen molar-refractivity contribution in [2.45, 2.75) is 83.1 Å². The van der Waals surface area contributed by atoms with Gasteiger partial charge in [-0.05, 0) is 42.0 Å². The molecule has 0 aliphatic carbocycles. The number of amides is 5. The number of benzene rings is 3. The SMILES string of the molecule is CCCC(=O)O[C@@H](CC(c1ccccc1)N(N)C(=O)C(NC(=O)OC)C(C)C)[C@H](Cc1ccccc1)NC(=O)[C@H](CC(N)=O)NC(=O)c1ccc2ccccc2n1. The first-order valence-electron chi connectivity index (χ1n) is 18.8. The average Bonchev–Trinajstić information content (AvgIpc) is 3.20.